The van der Waals surface area contributed by atoms with Crippen LogP contribution in [0.4, 0.5) is 0 Å². The number of nitrogens with zero attached hydrogens (tertiary/aromatic N) is 1. The van der Waals surface area contributed by atoms with Crippen molar-refractivity contribution in [1.29, 1.82) is 0 Å². The second kappa shape index (κ2) is 10.6. The van der Waals surface area contributed by atoms with Gasteiger partial charge in [-0.1, -0.05) is 49.4 Å². The summed E-state index contributed by atoms with van der Waals surface area (Å²) in [4.78, 5) is 26.6. The van der Waals surface area contributed by atoms with Crippen molar-refractivity contribution in [2.75, 3.05) is 27.7 Å². The van der Waals surface area contributed by atoms with Crippen molar-refractivity contribution in [3.63, 3.8) is 0 Å². The van der Waals surface area contributed by atoms with Crippen LogP contribution in [0.15, 0.2) is 48.5 Å². The van der Waals surface area contributed by atoms with Gasteiger partial charge in [-0.2, -0.15) is 0 Å². The van der Waals surface area contributed by atoms with Gasteiger partial charge in [0.15, 0.2) is 5.78 Å². The summed E-state index contributed by atoms with van der Waals surface area (Å²) in [5, 5.41) is 2.95. The van der Waals surface area contributed by atoms with E-state index in [4.69, 9.17) is 4.74 Å². The molecule has 1 atom stereocenters. The predicted octanol–water partition coefficient (Wildman–Crippen LogP) is 3.64. The van der Waals surface area contributed by atoms with Gasteiger partial charge >= 0.3 is 0 Å². The van der Waals surface area contributed by atoms with Crippen LogP contribution in [-0.2, 0) is 11.2 Å². The number of aryl methyl sites for hydroxylation is 1. The van der Waals surface area contributed by atoms with Crippen molar-refractivity contribution in [3.8, 4) is 5.75 Å². The topological polar surface area (TPSA) is 58.6 Å². The first-order valence-electron chi connectivity index (χ1n) is 9.64. The van der Waals surface area contributed by atoms with Gasteiger partial charge in [-0.25, -0.2) is 0 Å². The Labute approximate surface area is 167 Å². The van der Waals surface area contributed by atoms with E-state index < -0.39 is 0 Å². The number of carbonyl (C=O) groups is 2. The molecule has 0 bridgehead atoms. The van der Waals surface area contributed by atoms with Crippen LogP contribution in [0.5, 0.6) is 5.75 Å². The number of Topliss-reactive ketones (excluding diaryl/α,β-unsaturated/α-hetero) is 1. The summed E-state index contributed by atoms with van der Waals surface area (Å²) in [5.41, 5.74) is 2.87. The minimum atomic E-state index is -0.125. The van der Waals surface area contributed by atoms with Gasteiger partial charge in [0.25, 0.3) is 0 Å². The predicted molar refractivity (Wildman–Crippen MR) is 112 cm³/mol. The third-order valence-electron chi connectivity index (χ3n) is 4.88. The van der Waals surface area contributed by atoms with Crippen LogP contribution in [-0.4, -0.2) is 44.3 Å². The van der Waals surface area contributed by atoms with Crippen molar-refractivity contribution in [2.24, 2.45) is 0 Å². The Bertz CT molecular complexity index is 785. The van der Waals surface area contributed by atoms with Gasteiger partial charge < -0.3 is 15.0 Å². The van der Waals surface area contributed by atoms with Gasteiger partial charge in [0, 0.05) is 30.5 Å². The van der Waals surface area contributed by atoms with E-state index in [2.05, 4.69) is 12.2 Å². The van der Waals surface area contributed by atoms with Crippen LogP contribution >= 0.6 is 0 Å². The molecule has 0 heterocycles. The van der Waals surface area contributed by atoms with Crippen molar-refractivity contribution < 1.29 is 14.3 Å². The second-order valence-corrected chi connectivity index (χ2v) is 7.00. The third-order valence-corrected chi connectivity index (χ3v) is 4.88. The van der Waals surface area contributed by atoms with E-state index >= 15 is 0 Å². The number of amides is 1. The molecule has 1 N–H and O–H groups in total. The number of rotatable bonds is 10. The second-order valence-electron chi connectivity index (χ2n) is 7.00. The molecule has 0 fully saturated rings. The zero-order valence-corrected chi connectivity index (χ0v) is 17.2. The Kier molecular flexibility index (Phi) is 8.20. The highest BCUT2D eigenvalue weighted by Gasteiger charge is 2.19. The Morgan fingerprint density at radius 2 is 1.71 bits per heavy atom. The first kappa shape index (κ1) is 21.6. The number of methoxy groups -OCH3 is 1. The smallest absolute Gasteiger partial charge is 0.220 e. The maximum atomic E-state index is 12.3. The highest BCUT2D eigenvalue weighted by molar-refractivity contribution is 5.97. The summed E-state index contributed by atoms with van der Waals surface area (Å²) >= 11 is 0. The van der Waals surface area contributed by atoms with Crippen LogP contribution in [0.1, 0.15) is 47.3 Å². The van der Waals surface area contributed by atoms with Gasteiger partial charge in [0.05, 0.1) is 13.2 Å². The van der Waals surface area contributed by atoms with Gasteiger partial charge in [-0.15, -0.1) is 0 Å². The molecule has 0 spiro atoms. The molecule has 2 aromatic carbocycles. The molecule has 0 saturated carbocycles. The fourth-order valence-electron chi connectivity index (χ4n) is 3.11. The average molecular weight is 383 g/mol. The molecule has 0 saturated heterocycles. The average Bonchev–Trinajstić information content (AvgIpc) is 2.72. The molecule has 0 aliphatic heterocycles. The molecule has 0 aliphatic rings. The standard InChI is InChI=1S/C23H30N2O3/c1-5-17-10-12-18(13-11-17)21(26)14-15-23(27)24-16-20(25(2)3)19-8-6-7-9-22(19)28-4/h6-13,20H,5,14-16H2,1-4H3,(H,24,27). The Balaban J connectivity index is 1.89. The van der Waals surface area contributed by atoms with Gasteiger partial charge in [-0.05, 0) is 32.1 Å². The summed E-state index contributed by atoms with van der Waals surface area (Å²) < 4.78 is 5.44. The molecular formula is C23H30N2O3. The first-order chi connectivity index (χ1) is 13.5. The van der Waals surface area contributed by atoms with E-state index in [1.54, 1.807) is 7.11 Å². The van der Waals surface area contributed by atoms with Crippen LogP contribution in [0, 0.1) is 0 Å². The van der Waals surface area contributed by atoms with E-state index in [1.165, 1.54) is 5.56 Å². The summed E-state index contributed by atoms with van der Waals surface area (Å²) in [5.74, 6) is 0.660. The molecule has 2 rings (SSSR count). The van der Waals surface area contributed by atoms with E-state index in [1.807, 2.05) is 67.5 Å². The zero-order valence-electron chi connectivity index (χ0n) is 17.2. The lowest BCUT2D eigenvalue weighted by molar-refractivity contribution is -0.121. The molecule has 1 amide bonds. The molecule has 2 aromatic rings. The number of nitrogens with one attached hydrogen (secondary N) is 1. The lowest BCUT2D eigenvalue weighted by atomic mass is 10.0. The van der Waals surface area contributed by atoms with E-state index in [9.17, 15) is 9.59 Å². The number of hydrogen-bond acceptors (Lipinski definition) is 4. The normalized spacial score (nSPS) is 11.9. The fraction of sp³-hybridized carbons (Fsp3) is 0.391. The van der Waals surface area contributed by atoms with Gasteiger partial charge in [0.2, 0.25) is 5.91 Å². The SMILES string of the molecule is CCc1ccc(C(=O)CCC(=O)NCC(c2ccccc2OC)N(C)C)cc1. The van der Waals surface area contributed by atoms with Gasteiger partial charge in [0.1, 0.15) is 5.75 Å². The Morgan fingerprint density at radius 1 is 1.04 bits per heavy atom. The Hall–Kier alpha value is -2.66. The maximum Gasteiger partial charge on any atom is 0.220 e. The number of benzene rings is 2. The van der Waals surface area contributed by atoms with Crippen LogP contribution in [0.3, 0.4) is 0 Å². The molecule has 0 aromatic heterocycles. The van der Waals surface area contributed by atoms with Gasteiger partial charge in [-0.3, -0.25) is 9.59 Å². The first-order valence-corrected chi connectivity index (χ1v) is 9.64. The van der Waals surface area contributed by atoms with Crippen molar-refractivity contribution in [3.05, 3.63) is 65.2 Å². The minimum absolute atomic E-state index is 0.00769. The third kappa shape index (κ3) is 5.92. The lowest BCUT2D eigenvalue weighted by Gasteiger charge is -2.26. The van der Waals surface area contributed by atoms with E-state index in [-0.39, 0.29) is 30.6 Å². The van der Waals surface area contributed by atoms with Crippen molar-refractivity contribution >= 4 is 11.7 Å². The highest BCUT2D eigenvalue weighted by Crippen LogP contribution is 2.27. The summed E-state index contributed by atoms with van der Waals surface area (Å²) in [6, 6.07) is 15.4. The van der Waals surface area contributed by atoms with Crippen molar-refractivity contribution in [2.45, 2.75) is 32.2 Å². The van der Waals surface area contributed by atoms with Crippen LogP contribution in [0.25, 0.3) is 0 Å². The number of likely N-dealkylation sites (N-methyl/N-ethyl adjacent to an activating group) is 1. The molecule has 28 heavy (non-hydrogen) atoms. The quantitative estimate of drug-likeness (QED) is 0.638. The molecule has 150 valence electrons. The van der Waals surface area contributed by atoms with Crippen LogP contribution in [0.2, 0.25) is 0 Å². The monoisotopic (exact) mass is 382 g/mol. The molecule has 1 unspecified atom stereocenters. The van der Waals surface area contributed by atoms with E-state index in [0.29, 0.717) is 12.1 Å². The molecule has 5 nitrogen and oxygen atoms in total. The lowest BCUT2D eigenvalue weighted by Crippen LogP contribution is -2.34. The molecule has 0 aliphatic carbocycles. The number of ether oxygens (including phenoxy) is 1. The Morgan fingerprint density at radius 3 is 2.32 bits per heavy atom. The van der Waals surface area contributed by atoms with E-state index in [0.717, 1.165) is 17.7 Å². The molecule has 5 heteroatoms. The number of hydrogen-bond donors (Lipinski definition) is 1. The molecular weight excluding hydrogens is 352 g/mol. The number of para-hydroxylation sites is 1. The largest absolute Gasteiger partial charge is 0.496 e. The summed E-state index contributed by atoms with van der Waals surface area (Å²) in [6.07, 6.45) is 1.33. The summed E-state index contributed by atoms with van der Waals surface area (Å²) in [6.45, 7) is 2.53. The minimum Gasteiger partial charge on any atom is -0.496 e. The highest BCUT2D eigenvalue weighted by atomic mass is 16.5. The van der Waals surface area contributed by atoms with Crippen molar-refractivity contribution in [1.82, 2.24) is 10.2 Å². The van der Waals surface area contributed by atoms with Crippen LogP contribution < -0.4 is 10.1 Å². The molecule has 0 radical (unpaired) electrons. The fourth-order valence-corrected chi connectivity index (χ4v) is 3.11. The number of carbonyl (C=O) groups excluding carboxylic acids is 2. The summed E-state index contributed by atoms with van der Waals surface area (Å²) in [7, 11) is 5.57. The number of ketones is 1. The zero-order chi connectivity index (χ0) is 20.5. The maximum absolute atomic E-state index is 12.3.